The molecular weight excluding hydrogens is 845 g/mol. The fraction of sp³-hybridized carbons (Fsp3) is 0.647. The van der Waals surface area contributed by atoms with Crippen molar-refractivity contribution in [2.75, 3.05) is 25.5 Å². The number of imide groups is 1. The number of fused-ring (bicyclic) bond motifs is 2. The summed E-state index contributed by atoms with van der Waals surface area (Å²) >= 11 is 0. The number of esters is 2. The molecule has 9 unspecified atom stereocenters. The monoisotopic (exact) mass is 908 g/mol. The summed E-state index contributed by atoms with van der Waals surface area (Å²) in [5, 5.41) is 21.5. The third-order valence-electron chi connectivity index (χ3n) is 17.7. The molecule has 5 heterocycles. The van der Waals surface area contributed by atoms with Gasteiger partial charge in [-0.15, -0.1) is 0 Å². The highest BCUT2D eigenvalue weighted by Crippen LogP contribution is 2.73. The van der Waals surface area contributed by atoms with E-state index in [4.69, 9.17) is 9.47 Å². The number of hydrogen-bond donors (Lipinski definition) is 4. The van der Waals surface area contributed by atoms with Crippen molar-refractivity contribution in [2.45, 2.75) is 128 Å². The van der Waals surface area contributed by atoms with Crippen molar-refractivity contribution in [3.8, 4) is 0 Å². The molecule has 0 radical (unpaired) electrons. The van der Waals surface area contributed by atoms with Crippen molar-refractivity contribution >= 4 is 45.3 Å². The van der Waals surface area contributed by atoms with Crippen LogP contribution in [0.2, 0.25) is 0 Å². The van der Waals surface area contributed by atoms with E-state index in [1.165, 1.54) is 54.7 Å². The number of ether oxygens (including phenoxy) is 2. The molecule has 5 aliphatic heterocycles. The van der Waals surface area contributed by atoms with Gasteiger partial charge in [-0.1, -0.05) is 79.5 Å². The normalized spacial score (nSPS) is 36.3. The van der Waals surface area contributed by atoms with Crippen LogP contribution in [-0.2, 0) is 28.7 Å². The molecule has 1 saturated heterocycles. The molecule has 11 nitrogen and oxygen atoms in total. The van der Waals surface area contributed by atoms with Gasteiger partial charge in [0.25, 0.3) is 11.8 Å². The molecule has 4 fully saturated rings. The highest BCUT2D eigenvalue weighted by molar-refractivity contribution is 8.76. The Kier molecular flexibility index (Phi) is 11.4. The number of rotatable bonds is 8. The molecule has 1 spiro atoms. The summed E-state index contributed by atoms with van der Waals surface area (Å²) in [6, 6.07) is 0. The summed E-state index contributed by atoms with van der Waals surface area (Å²) in [7, 11) is 3.56. The van der Waals surface area contributed by atoms with Crippen LogP contribution in [-0.4, -0.2) is 70.7 Å². The average molecular weight is 909 g/mol. The molecule has 4 N–H and O–H groups in total. The van der Waals surface area contributed by atoms with Crippen molar-refractivity contribution in [1.29, 1.82) is 0 Å². The molecule has 12 aliphatic rings. The number of amides is 2. The largest absolute Gasteiger partial charge is 0.427 e. The van der Waals surface area contributed by atoms with Crippen LogP contribution in [0.5, 0.6) is 0 Å². The zero-order valence-corrected chi connectivity index (χ0v) is 39.0. The second kappa shape index (κ2) is 17.0. The third kappa shape index (κ3) is 6.89. The van der Waals surface area contributed by atoms with E-state index in [0.29, 0.717) is 49.1 Å². The van der Waals surface area contributed by atoms with Gasteiger partial charge >= 0.3 is 11.9 Å². The van der Waals surface area contributed by atoms with Crippen LogP contribution in [0, 0.1) is 52.3 Å². The van der Waals surface area contributed by atoms with Crippen molar-refractivity contribution in [2.24, 2.45) is 52.3 Å². The molecule has 342 valence electrons. The van der Waals surface area contributed by atoms with Crippen LogP contribution >= 0.6 is 21.6 Å². The van der Waals surface area contributed by atoms with E-state index >= 15 is 4.79 Å². The summed E-state index contributed by atoms with van der Waals surface area (Å²) in [4.78, 5) is 58.4. The second-order valence-corrected chi connectivity index (χ2v) is 23.2. The lowest BCUT2D eigenvalue weighted by atomic mass is 9.42. The van der Waals surface area contributed by atoms with Crippen LogP contribution in [0.25, 0.3) is 0 Å². The quantitative estimate of drug-likeness (QED) is 0.106. The lowest BCUT2D eigenvalue weighted by molar-refractivity contribution is -0.138. The van der Waals surface area contributed by atoms with Gasteiger partial charge < -0.3 is 30.5 Å². The molecule has 7 bridgehead atoms. The van der Waals surface area contributed by atoms with Crippen LogP contribution in [0.1, 0.15) is 117 Å². The van der Waals surface area contributed by atoms with E-state index in [2.05, 4.69) is 41.1 Å². The minimum atomic E-state index is -0.895. The molecule has 12 rings (SSSR count). The van der Waals surface area contributed by atoms with Crippen LogP contribution in [0.15, 0.2) is 81.2 Å². The van der Waals surface area contributed by atoms with E-state index in [9.17, 15) is 19.5 Å². The van der Waals surface area contributed by atoms with Crippen LogP contribution < -0.4 is 16.0 Å². The Morgan fingerprint density at radius 3 is 2.48 bits per heavy atom. The first-order valence-corrected chi connectivity index (χ1v) is 27.0. The molecule has 7 aliphatic carbocycles. The molecule has 64 heavy (non-hydrogen) atoms. The van der Waals surface area contributed by atoms with Crippen molar-refractivity contribution in [3.05, 3.63) is 81.2 Å². The lowest BCUT2D eigenvalue weighted by Crippen LogP contribution is -2.55. The highest BCUT2D eigenvalue weighted by Gasteiger charge is 2.70. The molecular formula is C51H64N4O7S2. The van der Waals surface area contributed by atoms with Crippen molar-refractivity contribution in [1.82, 2.24) is 20.9 Å². The van der Waals surface area contributed by atoms with Gasteiger partial charge in [0, 0.05) is 54.8 Å². The molecule has 13 heteroatoms. The first kappa shape index (κ1) is 43.1. The Labute approximate surface area is 385 Å². The van der Waals surface area contributed by atoms with Crippen molar-refractivity contribution in [3.63, 3.8) is 0 Å². The third-order valence-corrected chi connectivity index (χ3v) is 20.2. The summed E-state index contributed by atoms with van der Waals surface area (Å²) < 4.78 is 13.4. The van der Waals surface area contributed by atoms with Gasteiger partial charge in [0.15, 0.2) is 0 Å². The molecule has 0 aromatic heterocycles. The minimum Gasteiger partial charge on any atom is -0.427 e. The Morgan fingerprint density at radius 2 is 1.72 bits per heavy atom. The maximum atomic E-state index is 15.2. The number of carbonyl (C=O) groups excluding carboxylic acids is 4. The fourth-order valence-electron chi connectivity index (χ4n) is 15.0. The average Bonchev–Trinajstić information content (AvgIpc) is 4.08. The summed E-state index contributed by atoms with van der Waals surface area (Å²) in [6.07, 6.45) is 25.3. The van der Waals surface area contributed by atoms with Gasteiger partial charge in [-0.25, -0.2) is 9.59 Å². The summed E-state index contributed by atoms with van der Waals surface area (Å²) in [5.41, 5.74) is 5.06. The van der Waals surface area contributed by atoms with Gasteiger partial charge in [-0.05, 0) is 129 Å². The predicted molar refractivity (Wildman–Crippen MR) is 247 cm³/mol. The standard InChI is InChI=1S/C51H64N4O7S2/c1-3-50(19-7-8-20-50)36-13-11-31-23-34-33-17-21-51(44(34)43-41(31)46(36)62-48(43)59)37-14-12-32(29-9-5-4-6-10-29)47(53-25-28(2)56)64-63-27-54-38-24-30(18-22-52-38)35(42(33)45(51)49(60)61-37)26-55-39(57)15-16-40(55)58/h14-16,18,24,28-29,31-35,44,47,52-54,56H,3-13,17,19-23,25-27H2,1-2H3. The Morgan fingerprint density at radius 1 is 0.922 bits per heavy atom. The highest BCUT2D eigenvalue weighted by atomic mass is 33.1. The van der Waals surface area contributed by atoms with Crippen molar-refractivity contribution < 1.29 is 33.8 Å². The molecule has 9 atom stereocenters. The number of carbonyl (C=O) groups is 4. The number of nitrogens with one attached hydrogen (secondary N) is 3. The lowest BCUT2D eigenvalue weighted by Gasteiger charge is -2.58. The smallest absolute Gasteiger partial charge is 0.340 e. The maximum Gasteiger partial charge on any atom is 0.340 e. The fourth-order valence-corrected chi connectivity index (χ4v) is 17.5. The van der Waals surface area contributed by atoms with Gasteiger partial charge in [0.05, 0.1) is 34.2 Å². The van der Waals surface area contributed by atoms with Gasteiger partial charge in [-0.2, -0.15) is 0 Å². The first-order chi connectivity index (χ1) is 31.1. The summed E-state index contributed by atoms with van der Waals surface area (Å²) in [6.45, 7) is 5.27. The van der Waals surface area contributed by atoms with E-state index in [1.54, 1.807) is 10.8 Å². The van der Waals surface area contributed by atoms with Crippen LogP contribution in [0.3, 0.4) is 0 Å². The van der Waals surface area contributed by atoms with Crippen LogP contribution in [0.4, 0.5) is 0 Å². The predicted octanol–water partition coefficient (Wildman–Crippen LogP) is 8.00. The molecule has 0 aromatic carbocycles. The maximum absolute atomic E-state index is 15.2. The minimum absolute atomic E-state index is 0.0292. The summed E-state index contributed by atoms with van der Waals surface area (Å²) in [5.74, 6) is 1.88. The topological polar surface area (TPSA) is 146 Å². The number of aliphatic hydroxyl groups excluding tert-OH is 1. The second-order valence-electron chi connectivity index (χ2n) is 20.7. The molecule has 2 amide bonds. The molecule has 0 aromatic rings. The van der Waals surface area contributed by atoms with E-state index < -0.39 is 17.4 Å². The zero-order chi connectivity index (χ0) is 43.9. The SMILES string of the molecule is CCC1(C2=C3OC(=O)C4=C3C(CC2)CC2C3CCC5(C6=CCC(C7CCCCC7)C(NCC(C)O)SSCNC7=CC(=CCN7)C(CN7C(=O)C=CC7=O)C3=C5C(=O)O6)C42)CCCC1. The van der Waals surface area contributed by atoms with Gasteiger partial charge in [-0.3, -0.25) is 14.5 Å². The number of hydrogen-bond acceptors (Lipinski definition) is 12. The van der Waals surface area contributed by atoms with E-state index in [1.807, 2.05) is 17.7 Å². The zero-order valence-electron chi connectivity index (χ0n) is 37.4. The Hall–Kier alpha value is -3.52. The Bertz CT molecular complexity index is 2220. The Balaban J connectivity index is 1.12. The first-order valence-electron chi connectivity index (χ1n) is 24.6. The number of nitrogens with zero attached hydrogens (tertiary/aromatic N) is 1. The molecule has 3 saturated carbocycles. The van der Waals surface area contributed by atoms with Gasteiger partial charge in [0.1, 0.15) is 11.5 Å². The number of allylic oxidation sites excluding steroid dienone is 5. The van der Waals surface area contributed by atoms with E-state index in [0.717, 1.165) is 91.7 Å². The number of aliphatic hydroxyl groups is 1. The van der Waals surface area contributed by atoms with E-state index in [-0.39, 0.29) is 70.7 Å². The van der Waals surface area contributed by atoms with Gasteiger partial charge in [0.2, 0.25) is 0 Å². The number of dihydropyridines is 1.